The molecule has 1 atom stereocenters. The van der Waals surface area contributed by atoms with Gasteiger partial charge in [-0.2, -0.15) is 0 Å². The zero-order valence-electron chi connectivity index (χ0n) is 9.09. The maximum atomic E-state index is 3.43. The molecule has 0 aromatic heterocycles. The molecule has 0 bridgehead atoms. The highest BCUT2D eigenvalue weighted by molar-refractivity contribution is 6.68. The van der Waals surface area contributed by atoms with Crippen LogP contribution in [0.3, 0.4) is 0 Å². The number of nitrogens with zero attached hydrogens (tertiary/aromatic N) is 2. The summed E-state index contributed by atoms with van der Waals surface area (Å²) in [6.07, 6.45) is 0. The first-order valence-electron chi connectivity index (χ1n) is 4.75. The Balaban J connectivity index is 3.72. The fraction of sp³-hybridized carbons (Fsp3) is 1.00. The maximum absolute atomic E-state index is 3.43. The number of hydrogen-bond acceptors (Lipinski definition) is 3. The van der Waals surface area contributed by atoms with Crippen molar-refractivity contribution in [3.8, 4) is 0 Å². The van der Waals surface area contributed by atoms with Gasteiger partial charge in [-0.15, -0.1) is 0 Å². The van der Waals surface area contributed by atoms with Crippen LogP contribution in [0, 0.1) is 0 Å². The van der Waals surface area contributed by atoms with Gasteiger partial charge in [0.25, 0.3) is 0 Å². The van der Waals surface area contributed by atoms with Crippen molar-refractivity contribution in [1.29, 1.82) is 0 Å². The molecule has 0 amide bonds. The number of hydrogen-bond donors (Lipinski definition) is 1. The van der Waals surface area contributed by atoms with Gasteiger partial charge in [-0.05, 0) is 26.7 Å². The average molecular weight is 222 g/mol. The molecule has 0 radical (unpaired) electrons. The van der Waals surface area contributed by atoms with E-state index in [1.54, 1.807) is 0 Å². The Labute approximate surface area is 83.8 Å². The molecule has 1 N–H and O–H groups in total. The molecule has 0 heterocycles. The Morgan fingerprint density at radius 3 is 2.25 bits per heavy atom. The first kappa shape index (κ1) is 12.5. The summed E-state index contributed by atoms with van der Waals surface area (Å²) in [5.41, 5.74) is 0. The molecular formula is C6H23N3Si3. The van der Waals surface area contributed by atoms with Gasteiger partial charge in [-0.25, -0.2) is 0 Å². The molecule has 0 saturated carbocycles. The van der Waals surface area contributed by atoms with Crippen LogP contribution >= 0.6 is 0 Å². The normalized spacial score (nSPS) is 15.5. The van der Waals surface area contributed by atoms with Gasteiger partial charge in [0.15, 0.2) is 19.0 Å². The Bertz CT molecular complexity index is 110. The zero-order chi connectivity index (χ0) is 9.56. The highest BCUT2D eigenvalue weighted by atomic mass is 28.4. The molecule has 0 rings (SSSR count). The molecule has 74 valence electrons. The SMILES string of the molecule is CCN(CC)[SiH2]N([SiH3])[SiH](C)NC. The fourth-order valence-corrected chi connectivity index (χ4v) is 6.75. The van der Waals surface area contributed by atoms with Gasteiger partial charge >= 0.3 is 0 Å². The lowest BCUT2D eigenvalue weighted by Crippen LogP contribution is -2.52. The van der Waals surface area contributed by atoms with E-state index in [4.69, 9.17) is 0 Å². The Hall–Kier alpha value is 0.531. The second kappa shape index (κ2) is 6.98. The van der Waals surface area contributed by atoms with Crippen LogP contribution in [-0.2, 0) is 0 Å². The molecule has 0 aliphatic heterocycles. The van der Waals surface area contributed by atoms with Crippen molar-refractivity contribution in [2.45, 2.75) is 20.4 Å². The van der Waals surface area contributed by atoms with Crippen molar-refractivity contribution in [2.24, 2.45) is 0 Å². The summed E-state index contributed by atoms with van der Waals surface area (Å²) in [6.45, 7) is 9.36. The van der Waals surface area contributed by atoms with Crippen LogP contribution in [0.25, 0.3) is 0 Å². The summed E-state index contributed by atoms with van der Waals surface area (Å²) in [5.74, 6) is 0. The van der Waals surface area contributed by atoms with Crippen molar-refractivity contribution < 1.29 is 0 Å². The molecule has 12 heavy (non-hydrogen) atoms. The van der Waals surface area contributed by atoms with Crippen LogP contribution in [0.5, 0.6) is 0 Å². The first-order valence-corrected chi connectivity index (χ1v) is 9.16. The van der Waals surface area contributed by atoms with Gasteiger partial charge in [0.2, 0.25) is 0 Å². The Kier molecular flexibility index (Phi) is 7.29. The first-order chi connectivity index (χ1) is 5.65. The minimum Gasteiger partial charge on any atom is -0.359 e. The van der Waals surface area contributed by atoms with E-state index < -0.39 is 9.12 Å². The zero-order valence-corrected chi connectivity index (χ0v) is 13.7. The van der Waals surface area contributed by atoms with Crippen LogP contribution in [0.2, 0.25) is 6.55 Å². The molecule has 6 heteroatoms. The third kappa shape index (κ3) is 4.53. The van der Waals surface area contributed by atoms with E-state index >= 15 is 0 Å². The van der Waals surface area contributed by atoms with Crippen LogP contribution in [0.1, 0.15) is 13.8 Å². The minimum atomic E-state index is -0.694. The van der Waals surface area contributed by atoms with Gasteiger partial charge in [0.05, 0.1) is 10.4 Å². The quantitative estimate of drug-likeness (QED) is 0.523. The minimum absolute atomic E-state index is 0.0812. The lowest BCUT2D eigenvalue weighted by atomic mass is 10.7. The van der Waals surface area contributed by atoms with Gasteiger partial charge in [-0.1, -0.05) is 13.8 Å². The number of nitrogens with one attached hydrogen (secondary N) is 1. The maximum Gasteiger partial charge on any atom is 0.170 e. The molecule has 0 saturated heterocycles. The van der Waals surface area contributed by atoms with E-state index in [-0.39, 0.29) is 9.84 Å². The van der Waals surface area contributed by atoms with Crippen molar-refractivity contribution in [3.05, 3.63) is 0 Å². The summed E-state index contributed by atoms with van der Waals surface area (Å²) < 4.78 is 5.32. The predicted molar refractivity (Wildman–Crippen MR) is 65.3 cm³/mol. The smallest absolute Gasteiger partial charge is 0.170 e. The van der Waals surface area contributed by atoms with Crippen molar-refractivity contribution in [1.82, 2.24) is 13.4 Å². The van der Waals surface area contributed by atoms with Crippen LogP contribution in [0.4, 0.5) is 0 Å². The van der Waals surface area contributed by atoms with E-state index in [9.17, 15) is 0 Å². The van der Waals surface area contributed by atoms with E-state index in [2.05, 4.69) is 40.9 Å². The average Bonchev–Trinajstić information content (AvgIpc) is 2.12. The summed E-state index contributed by atoms with van der Waals surface area (Å²) in [6, 6.07) is 0. The fourth-order valence-electron chi connectivity index (χ4n) is 1.08. The standard InChI is InChI=1S/C6H23N3Si3/c1-5-8(6-2)11-9(10)12(4)7-3/h7,12H,5-6,11H2,1-4,10H3. The molecule has 0 aliphatic rings. The highest BCUT2D eigenvalue weighted by Crippen LogP contribution is 1.88. The topological polar surface area (TPSA) is 18.5 Å². The van der Waals surface area contributed by atoms with E-state index in [0.717, 1.165) is 0 Å². The second-order valence-electron chi connectivity index (χ2n) is 3.17. The molecule has 0 aromatic carbocycles. The van der Waals surface area contributed by atoms with Crippen molar-refractivity contribution in [2.75, 3.05) is 20.1 Å². The predicted octanol–water partition coefficient (Wildman–Crippen LogP) is -2.02. The van der Waals surface area contributed by atoms with Crippen LogP contribution in [0.15, 0.2) is 0 Å². The Morgan fingerprint density at radius 2 is 1.92 bits per heavy atom. The third-order valence-electron chi connectivity index (χ3n) is 2.40. The van der Waals surface area contributed by atoms with E-state index in [1.807, 2.05) is 0 Å². The molecule has 0 spiro atoms. The molecule has 0 aliphatic carbocycles. The summed E-state index contributed by atoms with van der Waals surface area (Å²) >= 11 is 0. The van der Waals surface area contributed by atoms with Crippen molar-refractivity contribution >= 4 is 29.4 Å². The molecule has 3 nitrogen and oxygen atoms in total. The molecule has 1 unspecified atom stereocenters. The molecular weight excluding hydrogens is 198 g/mol. The molecule has 0 fully saturated rings. The third-order valence-corrected chi connectivity index (χ3v) is 11.6. The molecule has 0 aromatic rings. The van der Waals surface area contributed by atoms with Gasteiger partial charge in [0.1, 0.15) is 0 Å². The van der Waals surface area contributed by atoms with Crippen LogP contribution in [-0.4, -0.2) is 58.0 Å². The summed E-state index contributed by atoms with van der Waals surface area (Å²) in [4.78, 5) is 3.43. The van der Waals surface area contributed by atoms with Crippen molar-refractivity contribution in [3.63, 3.8) is 0 Å². The number of rotatable bonds is 6. The monoisotopic (exact) mass is 221 g/mol. The Morgan fingerprint density at radius 1 is 1.42 bits per heavy atom. The largest absolute Gasteiger partial charge is 0.359 e. The van der Waals surface area contributed by atoms with Gasteiger partial charge in [-0.3, -0.25) is 0 Å². The van der Waals surface area contributed by atoms with Gasteiger partial charge < -0.3 is 13.4 Å². The lowest BCUT2D eigenvalue weighted by Gasteiger charge is -2.29. The summed E-state index contributed by atoms with van der Waals surface area (Å²) in [5, 5.41) is 0. The van der Waals surface area contributed by atoms with E-state index in [1.165, 1.54) is 23.5 Å². The van der Waals surface area contributed by atoms with E-state index in [0.29, 0.717) is 0 Å². The van der Waals surface area contributed by atoms with Crippen LogP contribution < -0.4 is 4.98 Å². The lowest BCUT2D eigenvalue weighted by molar-refractivity contribution is 0.479. The second-order valence-corrected chi connectivity index (χ2v) is 12.3. The van der Waals surface area contributed by atoms with Gasteiger partial charge in [0, 0.05) is 0 Å². The highest BCUT2D eigenvalue weighted by Gasteiger charge is 2.10. The summed E-state index contributed by atoms with van der Waals surface area (Å²) in [7, 11) is 2.56.